The Balaban J connectivity index is 1.99. The zero-order valence-corrected chi connectivity index (χ0v) is 11.8. The van der Waals surface area contributed by atoms with Crippen LogP contribution in [0.3, 0.4) is 0 Å². The fourth-order valence-electron chi connectivity index (χ4n) is 2.55. The summed E-state index contributed by atoms with van der Waals surface area (Å²) in [5.74, 6) is -0.434. The number of likely N-dealkylation sites (tertiary alicyclic amines) is 1. The Morgan fingerprint density at radius 1 is 1.30 bits per heavy atom. The van der Waals surface area contributed by atoms with Crippen LogP contribution in [0.1, 0.15) is 35.7 Å². The van der Waals surface area contributed by atoms with E-state index in [-0.39, 0.29) is 23.7 Å². The van der Waals surface area contributed by atoms with Gasteiger partial charge in [-0.15, -0.1) is 0 Å². The summed E-state index contributed by atoms with van der Waals surface area (Å²) >= 11 is 0. The maximum Gasteiger partial charge on any atom is 0.254 e. The molecule has 4 nitrogen and oxygen atoms in total. The number of rotatable bonds is 2. The van der Waals surface area contributed by atoms with E-state index in [1.807, 2.05) is 0 Å². The third-order valence-electron chi connectivity index (χ3n) is 3.61. The van der Waals surface area contributed by atoms with Gasteiger partial charge in [-0.1, -0.05) is 0 Å². The lowest BCUT2D eigenvalue weighted by molar-refractivity contribution is -0.119. The molecule has 0 bridgehead atoms. The lowest BCUT2D eigenvalue weighted by atomic mass is 10.0. The molecular formula is C15H19FN2O2. The average molecular weight is 278 g/mol. The van der Waals surface area contributed by atoms with Gasteiger partial charge in [-0.3, -0.25) is 9.59 Å². The topological polar surface area (TPSA) is 49.4 Å². The Hall–Kier alpha value is -1.91. The average Bonchev–Trinajstić information content (AvgIpc) is 2.38. The zero-order chi connectivity index (χ0) is 14.7. The molecule has 1 aromatic carbocycles. The molecule has 0 spiro atoms. The molecule has 1 N–H and O–H groups in total. The molecule has 1 aliphatic heterocycles. The lowest BCUT2D eigenvalue weighted by Gasteiger charge is -2.32. The third-order valence-corrected chi connectivity index (χ3v) is 3.61. The second-order valence-electron chi connectivity index (χ2n) is 5.23. The van der Waals surface area contributed by atoms with Crippen molar-refractivity contribution >= 4 is 11.8 Å². The minimum absolute atomic E-state index is 0.0378. The predicted molar refractivity (Wildman–Crippen MR) is 73.9 cm³/mol. The highest BCUT2D eigenvalue weighted by Crippen LogP contribution is 2.17. The van der Waals surface area contributed by atoms with Crippen LogP contribution in [-0.2, 0) is 4.79 Å². The van der Waals surface area contributed by atoms with Crippen LogP contribution in [0.4, 0.5) is 4.39 Å². The van der Waals surface area contributed by atoms with Crippen molar-refractivity contribution in [2.24, 2.45) is 0 Å². The van der Waals surface area contributed by atoms with Gasteiger partial charge in [0.25, 0.3) is 5.91 Å². The molecule has 108 valence electrons. The summed E-state index contributed by atoms with van der Waals surface area (Å²) in [6.45, 7) is 4.46. The minimum Gasteiger partial charge on any atom is -0.353 e. The number of piperidine rings is 1. The predicted octanol–water partition coefficient (Wildman–Crippen LogP) is 1.87. The van der Waals surface area contributed by atoms with E-state index in [1.54, 1.807) is 11.8 Å². The minimum atomic E-state index is -0.330. The molecule has 2 rings (SSSR count). The number of carbonyl (C=O) groups excluding carboxylic acids is 2. The second kappa shape index (κ2) is 6.03. The van der Waals surface area contributed by atoms with Crippen molar-refractivity contribution in [1.29, 1.82) is 0 Å². The van der Waals surface area contributed by atoms with Crippen molar-refractivity contribution < 1.29 is 14.0 Å². The normalized spacial score (nSPS) is 16.1. The summed E-state index contributed by atoms with van der Waals surface area (Å²) in [6, 6.07) is 4.36. The van der Waals surface area contributed by atoms with E-state index in [9.17, 15) is 14.0 Å². The molecule has 2 amide bonds. The van der Waals surface area contributed by atoms with Crippen LogP contribution in [-0.4, -0.2) is 35.8 Å². The first kappa shape index (κ1) is 14.5. The van der Waals surface area contributed by atoms with Gasteiger partial charge in [0.15, 0.2) is 0 Å². The van der Waals surface area contributed by atoms with Gasteiger partial charge in [0, 0.05) is 31.6 Å². The largest absolute Gasteiger partial charge is 0.353 e. The van der Waals surface area contributed by atoms with Crippen molar-refractivity contribution in [3.63, 3.8) is 0 Å². The van der Waals surface area contributed by atoms with Crippen molar-refractivity contribution in [2.75, 3.05) is 13.1 Å². The summed E-state index contributed by atoms with van der Waals surface area (Å²) in [4.78, 5) is 25.1. The molecule has 0 radical (unpaired) electrons. The number of nitrogens with zero attached hydrogens (tertiary/aromatic N) is 1. The van der Waals surface area contributed by atoms with Gasteiger partial charge >= 0.3 is 0 Å². The van der Waals surface area contributed by atoms with Gasteiger partial charge in [-0.2, -0.15) is 0 Å². The molecule has 20 heavy (non-hydrogen) atoms. The van der Waals surface area contributed by atoms with Crippen LogP contribution >= 0.6 is 0 Å². The number of amides is 2. The van der Waals surface area contributed by atoms with E-state index in [0.29, 0.717) is 24.2 Å². The van der Waals surface area contributed by atoms with E-state index in [4.69, 9.17) is 0 Å². The number of aryl methyl sites for hydroxylation is 1. The van der Waals surface area contributed by atoms with E-state index in [1.165, 1.54) is 25.1 Å². The van der Waals surface area contributed by atoms with Gasteiger partial charge in [0.2, 0.25) is 5.91 Å². The van der Waals surface area contributed by atoms with E-state index >= 15 is 0 Å². The fourth-order valence-corrected chi connectivity index (χ4v) is 2.55. The first-order valence-electron chi connectivity index (χ1n) is 6.80. The number of hydrogen-bond acceptors (Lipinski definition) is 2. The smallest absolute Gasteiger partial charge is 0.254 e. The number of carbonyl (C=O) groups is 2. The summed E-state index contributed by atoms with van der Waals surface area (Å²) in [7, 11) is 0. The van der Waals surface area contributed by atoms with Crippen LogP contribution < -0.4 is 5.32 Å². The van der Waals surface area contributed by atoms with E-state index in [2.05, 4.69) is 5.32 Å². The summed E-state index contributed by atoms with van der Waals surface area (Å²) in [5, 5.41) is 2.87. The number of benzene rings is 1. The Kier molecular flexibility index (Phi) is 4.37. The highest BCUT2D eigenvalue weighted by Gasteiger charge is 2.24. The highest BCUT2D eigenvalue weighted by molar-refractivity contribution is 5.95. The van der Waals surface area contributed by atoms with Crippen molar-refractivity contribution in [1.82, 2.24) is 10.2 Å². The standard InChI is InChI=1S/C15H19FN2O2/c1-10-9-12(16)3-4-14(10)15(20)18-7-5-13(6-8-18)17-11(2)19/h3-4,9,13H,5-8H2,1-2H3,(H,17,19). The van der Waals surface area contributed by atoms with Gasteiger partial charge in [-0.05, 0) is 43.5 Å². The molecule has 0 unspecified atom stereocenters. The summed E-state index contributed by atoms with van der Waals surface area (Å²) < 4.78 is 13.1. The molecule has 1 aliphatic rings. The maximum absolute atomic E-state index is 13.1. The Bertz CT molecular complexity index is 523. The highest BCUT2D eigenvalue weighted by atomic mass is 19.1. The Labute approximate surface area is 118 Å². The van der Waals surface area contributed by atoms with Gasteiger partial charge < -0.3 is 10.2 Å². The number of halogens is 1. The Morgan fingerprint density at radius 3 is 2.50 bits per heavy atom. The SMILES string of the molecule is CC(=O)NC1CCN(C(=O)c2ccc(F)cc2C)CC1. The fraction of sp³-hybridized carbons (Fsp3) is 0.467. The van der Waals surface area contributed by atoms with Crippen molar-refractivity contribution in [3.05, 3.63) is 35.1 Å². The molecule has 1 fully saturated rings. The molecule has 5 heteroatoms. The molecule has 0 atom stereocenters. The number of nitrogens with one attached hydrogen (secondary N) is 1. The monoisotopic (exact) mass is 278 g/mol. The van der Waals surface area contributed by atoms with E-state index in [0.717, 1.165) is 12.8 Å². The quantitative estimate of drug-likeness (QED) is 0.898. The molecule has 0 aromatic heterocycles. The molecule has 1 heterocycles. The van der Waals surface area contributed by atoms with Crippen molar-refractivity contribution in [3.8, 4) is 0 Å². The number of hydrogen-bond donors (Lipinski definition) is 1. The first-order chi connectivity index (χ1) is 9.47. The van der Waals surface area contributed by atoms with Gasteiger partial charge in [0.05, 0.1) is 0 Å². The first-order valence-corrected chi connectivity index (χ1v) is 6.80. The van der Waals surface area contributed by atoms with Crippen LogP contribution in [0.2, 0.25) is 0 Å². The maximum atomic E-state index is 13.1. The van der Waals surface area contributed by atoms with Crippen LogP contribution in [0.25, 0.3) is 0 Å². The van der Waals surface area contributed by atoms with E-state index < -0.39 is 0 Å². The third kappa shape index (κ3) is 3.35. The van der Waals surface area contributed by atoms with Crippen LogP contribution in [0, 0.1) is 12.7 Å². The summed E-state index contributed by atoms with van der Waals surface area (Å²) in [5.41, 5.74) is 1.20. The van der Waals surface area contributed by atoms with Crippen LogP contribution in [0.15, 0.2) is 18.2 Å². The second-order valence-corrected chi connectivity index (χ2v) is 5.23. The molecule has 1 saturated heterocycles. The Morgan fingerprint density at radius 2 is 1.95 bits per heavy atom. The van der Waals surface area contributed by atoms with Crippen molar-refractivity contribution in [2.45, 2.75) is 32.7 Å². The zero-order valence-electron chi connectivity index (χ0n) is 11.8. The molecular weight excluding hydrogens is 259 g/mol. The molecule has 0 aliphatic carbocycles. The van der Waals surface area contributed by atoms with Gasteiger partial charge in [-0.25, -0.2) is 4.39 Å². The molecule has 1 aromatic rings. The lowest BCUT2D eigenvalue weighted by Crippen LogP contribution is -2.46. The summed E-state index contributed by atoms with van der Waals surface area (Å²) in [6.07, 6.45) is 1.51. The molecule has 0 saturated carbocycles. The van der Waals surface area contributed by atoms with Crippen LogP contribution in [0.5, 0.6) is 0 Å². The van der Waals surface area contributed by atoms with Gasteiger partial charge in [0.1, 0.15) is 5.82 Å².